The van der Waals surface area contributed by atoms with Crippen molar-refractivity contribution < 1.29 is 0 Å². The van der Waals surface area contributed by atoms with Gasteiger partial charge in [-0.2, -0.15) is 0 Å². The van der Waals surface area contributed by atoms with E-state index < -0.39 is 0 Å². The molecule has 0 bridgehead atoms. The topological polar surface area (TPSA) is 29.3 Å². The van der Waals surface area contributed by atoms with E-state index in [4.69, 9.17) is 5.73 Å². The van der Waals surface area contributed by atoms with Gasteiger partial charge in [0.05, 0.1) is 0 Å². The largest absolute Gasteiger partial charge is 0.327 e. The first-order valence-corrected chi connectivity index (χ1v) is 7.84. The predicted octanol–water partition coefficient (Wildman–Crippen LogP) is 2.77. The van der Waals surface area contributed by atoms with Gasteiger partial charge in [-0.15, -0.1) is 0 Å². The number of fused-ring (bicyclic) bond motifs is 1. The quantitative estimate of drug-likeness (QED) is 0.816. The predicted molar refractivity (Wildman–Crippen MR) is 71.9 cm³/mol. The van der Waals surface area contributed by atoms with E-state index in [9.17, 15) is 0 Å². The van der Waals surface area contributed by atoms with Gasteiger partial charge in [-0.25, -0.2) is 0 Å². The van der Waals surface area contributed by atoms with Crippen molar-refractivity contribution in [1.29, 1.82) is 0 Å². The zero-order chi connectivity index (χ0) is 11.7. The molecule has 4 atom stereocenters. The van der Waals surface area contributed by atoms with Crippen molar-refractivity contribution in [3.63, 3.8) is 0 Å². The van der Waals surface area contributed by atoms with E-state index in [2.05, 4.69) is 4.90 Å². The molecule has 0 radical (unpaired) electrons. The maximum Gasteiger partial charge on any atom is 0.0123 e. The van der Waals surface area contributed by atoms with Gasteiger partial charge in [-0.05, 0) is 69.9 Å². The van der Waals surface area contributed by atoms with Crippen LogP contribution in [0, 0.1) is 11.8 Å². The third kappa shape index (κ3) is 2.53. The third-order valence-corrected chi connectivity index (χ3v) is 5.61. The monoisotopic (exact) mass is 236 g/mol. The van der Waals surface area contributed by atoms with Gasteiger partial charge in [-0.3, -0.25) is 0 Å². The molecule has 2 N–H and O–H groups in total. The number of rotatable bonds is 3. The molecule has 1 saturated heterocycles. The third-order valence-electron chi connectivity index (χ3n) is 5.61. The molecule has 17 heavy (non-hydrogen) atoms. The molecule has 0 amide bonds. The minimum Gasteiger partial charge on any atom is -0.327 e. The van der Waals surface area contributed by atoms with Crippen LogP contribution < -0.4 is 5.73 Å². The van der Waals surface area contributed by atoms with E-state index in [1.807, 2.05) is 0 Å². The highest BCUT2D eigenvalue weighted by atomic mass is 15.2. The van der Waals surface area contributed by atoms with Crippen molar-refractivity contribution in [3.8, 4) is 0 Å². The molecule has 2 heteroatoms. The molecule has 0 aromatic carbocycles. The lowest BCUT2D eigenvalue weighted by atomic mass is 9.91. The van der Waals surface area contributed by atoms with E-state index in [0.717, 1.165) is 17.9 Å². The van der Waals surface area contributed by atoms with Gasteiger partial charge >= 0.3 is 0 Å². The average molecular weight is 236 g/mol. The molecule has 0 spiro atoms. The molecule has 3 rings (SSSR count). The second kappa shape index (κ2) is 5.27. The van der Waals surface area contributed by atoms with Crippen LogP contribution in [0.5, 0.6) is 0 Å². The molecule has 3 aliphatic rings. The fraction of sp³-hybridized carbons (Fsp3) is 1.00. The van der Waals surface area contributed by atoms with E-state index in [0.29, 0.717) is 6.04 Å². The number of likely N-dealkylation sites (tertiary alicyclic amines) is 1. The summed E-state index contributed by atoms with van der Waals surface area (Å²) in [5.41, 5.74) is 6.18. The first kappa shape index (κ1) is 12.0. The van der Waals surface area contributed by atoms with Crippen molar-refractivity contribution in [1.82, 2.24) is 4.90 Å². The number of nitrogens with zero attached hydrogens (tertiary/aromatic N) is 1. The zero-order valence-corrected chi connectivity index (χ0v) is 11.1. The van der Waals surface area contributed by atoms with E-state index in [1.165, 1.54) is 70.9 Å². The molecule has 1 aliphatic heterocycles. The number of hydrogen-bond donors (Lipinski definition) is 1. The Kier molecular flexibility index (Phi) is 3.72. The Morgan fingerprint density at radius 1 is 0.941 bits per heavy atom. The van der Waals surface area contributed by atoms with Crippen LogP contribution >= 0.6 is 0 Å². The first-order chi connectivity index (χ1) is 8.34. The second-order valence-corrected chi connectivity index (χ2v) is 6.58. The summed E-state index contributed by atoms with van der Waals surface area (Å²) in [5, 5.41) is 0. The smallest absolute Gasteiger partial charge is 0.0123 e. The van der Waals surface area contributed by atoms with Crippen molar-refractivity contribution >= 4 is 0 Å². The van der Waals surface area contributed by atoms with E-state index >= 15 is 0 Å². The normalized spacial score (nSPS) is 42.9. The molecule has 1 heterocycles. The molecule has 3 fully saturated rings. The summed E-state index contributed by atoms with van der Waals surface area (Å²) in [7, 11) is 0. The van der Waals surface area contributed by atoms with Crippen molar-refractivity contribution in [2.75, 3.05) is 13.1 Å². The van der Waals surface area contributed by atoms with Gasteiger partial charge in [0.2, 0.25) is 0 Å². The number of nitrogens with two attached hydrogens (primary N) is 1. The minimum atomic E-state index is 0.513. The van der Waals surface area contributed by atoms with Gasteiger partial charge in [0.15, 0.2) is 0 Å². The van der Waals surface area contributed by atoms with Gasteiger partial charge < -0.3 is 10.6 Å². The Hall–Kier alpha value is -0.0800. The number of piperidine rings is 1. The molecular weight excluding hydrogens is 208 g/mol. The number of hydrogen-bond acceptors (Lipinski definition) is 2. The Morgan fingerprint density at radius 2 is 1.76 bits per heavy atom. The second-order valence-electron chi connectivity index (χ2n) is 6.58. The first-order valence-electron chi connectivity index (χ1n) is 7.84. The molecule has 2 nitrogen and oxygen atoms in total. The molecule has 98 valence electrons. The molecule has 0 aromatic rings. The Labute approximate surface area is 106 Å². The summed E-state index contributed by atoms with van der Waals surface area (Å²) >= 11 is 0. The summed E-state index contributed by atoms with van der Waals surface area (Å²) < 4.78 is 0. The van der Waals surface area contributed by atoms with Crippen LogP contribution in [0.1, 0.15) is 57.8 Å². The van der Waals surface area contributed by atoms with Gasteiger partial charge in [-0.1, -0.05) is 12.8 Å². The Bertz CT molecular complexity index is 253. The highest BCUT2D eigenvalue weighted by Gasteiger charge is 2.35. The lowest BCUT2D eigenvalue weighted by molar-refractivity contribution is 0.105. The Balaban J connectivity index is 1.50. The fourth-order valence-electron chi connectivity index (χ4n) is 4.59. The fourth-order valence-corrected chi connectivity index (χ4v) is 4.59. The lowest BCUT2D eigenvalue weighted by Gasteiger charge is -2.38. The van der Waals surface area contributed by atoms with Crippen LogP contribution in [0.15, 0.2) is 0 Å². The SMILES string of the molecule is NC1CCCC1CCN1CCCC2CCCC21. The molecular formula is C15H28N2. The maximum absolute atomic E-state index is 6.18. The standard InChI is InChI=1S/C15H28N2/c16-14-7-1-4-12(14)9-11-17-10-3-6-13-5-2-8-15(13)17/h12-15H,1-11,16H2. The summed E-state index contributed by atoms with van der Waals surface area (Å²) in [4.78, 5) is 2.81. The highest BCUT2D eigenvalue weighted by molar-refractivity contribution is 4.90. The van der Waals surface area contributed by atoms with Gasteiger partial charge in [0.1, 0.15) is 0 Å². The summed E-state index contributed by atoms with van der Waals surface area (Å²) in [6.07, 6.45) is 12.8. The summed E-state index contributed by atoms with van der Waals surface area (Å²) in [5.74, 6) is 1.87. The van der Waals surface area contributed by atoms with Crippen LogP contribution in [-0.2, 0) is 0 Å². The van der Waals surface area contributed by atoms with Crippen LogP contribution in [0.25, 0.3) is 0 Å². The minimum absolute atomic E-state index is 0.513. The zero-order valence-electron chi connectivity index (χ0n) is 11.1. The van der Waals surface area contributed by atoms with Crippen molar-refractivity contribution in [2.45, 2.75) is 69.9 Å². The maximum atomic E-state index is 6.18. The van der Waals surface area contributed by atoms with E-state index in [-0.39, 0.29) is 0 Å². The van der Waals surface area contributed by atoms with Crippen LogP contribution in [0.4, 0.5) is 0 Å². The lowest BCUT2D eigenvalue weighted by Crippen LogP contribution is -2.43. The van der Waals surface area contributed by atoms with Crippen molar-refractivity contribution in [2.24, 2.45) is 17.6 Å². The van der Waals surface area contributed by atoms with Gasteiger partial charge in [0.25, 0.3) is 0 Å². The molecule has 4 unspecified atom stereocenters. The van der Waals surface area contributed by atoms with Crippen molar-refractivity contribution in [3.05, 3.63) is 0 Å². The van der Waals surface area contributed by atoms with Crippen LogP contribution in [0.2, 0.25) is 0 Å². The highest BCUT2D eigenvalue weighted by Crippen LogP contribution is 2.37. The summed E-state index contributed by atoms with van der Waals surface area (Å²) in [6, 6.07) is 1.46. The van der Waals surface area contributed by atoms with Crippen LogP contribution in [-0.4, -0.2) is 30.1 Å². The average Bonchev–Trinajstić information content (AvgIpc) is 2.95. The Morgan fingerprint density at radius 3 is 2.59 bits per heavy atom. The molecule has 0 aromatic heterocycles. The van der Waals surface area contributed by atoms with Gasteiger partial charge in [0, 0.05) is 12.1 Å². The van der Waals surface area contributed by atoms with E-state index in [1.54, 1.807) is 0 Å². The molecule has 2 aliphatic carbocycles. The van der Waals surface area contributed by atoms with Crippen LogP contribution in [0.3, 0.4) is 0 Å². The summed E-state index contributed by atoms with van der Waals surface area (Å²) in [6.45, 7) is 2.70. The molecule has 2 saturated carbocycles.